The first kappa shape index (κ1) is 16.2. The average molecular weight is 323 g/mol. The van der Waals surface area contributed by atoms with Crippen LogP contribution in [0, 0.1) is 0 Å². The lowest BCUT2D eigenvalue weighted by molar-refractivity contribution is -0.121. The first-order valence-corrected chi connectivity index (χ1v) is 8.08. The van der Waals surface area contributed by atoms with Gasteiger partial charge in [0.25, 0.3) is 0 Å². The fraction of sp³-hybridized carbons (Fsp3) is 0.300. The SMILES string of the molecule is CC1(C)CC(NC(=O)Cc2ccc(C(=O)O)cc2)c2ccccc21. The Bertz CT molecular complexity index is 778. The molecule has 1 aliphatic rings. The van der Waals surface area contributed by atoms with E-state index in [2.05, 4.69) is 31.3 Å². The van der Waals surface area contributed by atoms with Crippen LogP contribution in [0.4, 0.5) is 0 Å². The van der Waals surface area contributed by atoms with Gasteiger partial charge >= 0.3 is 5.97 Å². The molecule has 0 radical (unpaired) electrons. The lowest BCUT2D eigenvalue weighted by Crippen LogP contribution is -2.29. The zero-order chi connectivity index (χ0) is 17.3. The number of hydrogen-bond donors (Lipinski definition) is 2. The fourth-order valence-electron chi connectivity index (χ4n) is 3.47. The zero-order valence-electron chi connectivity index (χ0n) is 13.9. The molecule has 0 spiro atoms. The molecule has 2 N–H and O–H groups in total. The molecule has 2 aromatic rings. The minimum atomic E-state index is -0.962. The molecule has 0 bridgehead atoms. The first-order valence-electron chi connectivity index (χ1n) is 8.08. The molecule has 0 saturated carbocycles. The van der Waals surface area contributed by atoms with Gasteiger partial charge in [0.15, 0.2) is 0 Å². The third-order valence-corrected chi connectivity index (χ3v) is 4.68. The van der Waals surface area contributed by atoms with Crippen LogP contribution in [-0.4, -0.2) is 17.0 Å². The first-order chi connectivity index (χ1) is 11.4. The fourth-order valence-corrected chi connectivity index (χ4v) is 3.47. The van der Waals surface area contributed by atoms with Crippen molar-refractivity contribution in [3.63, 3.8) is 0 Å². The van der Waals surface area contributed by atoms with Crippen LogP contribution in [0.1, 0.15) is 53.4 Å². The van der Waals surface area contributed by atoms with Gasteiger partial charge in [-0.3, -0.25) is 4.79 Å². The summed E-state index contributed by atoms with van der Waals surface area (Å²) in [5.41, 5.74) is 3.57. The van der Waals surface area contributed by atoms with Gasteiger partial charge < -0.3 is 10.4 Å². The summed E-state index contributed by atoms with van der Waals surface area (Å²) in [4.78, 5) is 23.2. The highest BCUT2D eigenvalue weighted by atomic mass is 16.4. The second-order valence-corrected chi connectivity index (χ2v) is 6.97. The number of aromatic carboxylic acids is 1. The Balaban J connectivity index is 1.69. The standard InChI is InChI=1S/C20H21NO3/c1-20(2)12-17(15-5-3-4-6-16(15)20)21-18(22)11-13-7-9-14(10-8-13)19(23)24/h3-10,17H,11-12H2,1-2H3,(H,21,22)(H,23,24). The minimum absolute atomic E-state index is 0.0296. The van der Waals surface area contributed by atoms with Crippen molar-refractivity contribution in [3.05, 3.63) is 70.8 Å². The van der Waals surface area contributed by atoms with Gasteiger partial charge in [-0.15, -0.1) is 0 Å². The van der Waals surface area contributed by atoms with E-state index in [1.807, 2.05) is 12.1 Å². The maximum Gasteiger partial charge on any atom is 0.335 e. The Labute approximate surface area is 141 Å². The van der Waals surface area contributed by atoms with E-state index in [0.717, 1.165) is 12.0 Å². The van der Waals surface area contributed by atoms with E-state index < -0.39 is 5.97 Å². The Kier molecular flexibility index (Phi) is 4.14. The van der Waals surface area contributed by atoms with Crippen LogP contribution in [0.5, 0.6) is 0 Å². The normalized spacial score (nSPS) is 18.0. The smallest absolute Gasteiger partial charge is 0.335 e. The van der Waals surface area contributed by atoms with Crippen LogP contribution >= 0.6 is 0 Å². The maximum absolute atomic E-state index is 12.4. The number of carboxylic acid groups (broad SMARTS) is 1. The molecule has 0 aliphatic heterocycles. The van der Waals surface area contributed by atoms with Gasteiger partial charge in [0.05, 0.1) is 18.0 Å². The lowest BCUT2D eigenvalue weighted by atomic mass is 9.86. The summed E-state index contributed by atoms with van der Waals surface area (Å²) in [6.07, 6.45) is 1.13. The molecule has 1 aliphatic carbocycles. The van der Waals surface area contributed by atoms with Crippen molar-refractivity contribution >= 4 is 11.9 Å². The summed E-state index contributed by atoms with van der Waals surface area (Å²) in [6, 6.07) is 14.7. The number of carboxylic acids is 1. The Morgan fingerprint density at radius 3 is 2.46 bits per heavy atom. The van der Waals surface area contributed by atoms with E-state index in [0.29, 0.717) is 0 Å². The van der Waals surface area contributed by atoms with Crippen LogP contribution < -0.4 is 5.32 Å². The largest absolute Gasteiger partial charge is 0.478 e. The van der Waals surface area contributed by atoms with E-state index in [4.69, 9.17) is 5.11 Å². The molecule has 1 unspecified atom stereocenters. The molecule has 0 heterocycles. The quantitative estimate of drug-likeness (QED) is 0.905. The molecule has 4 nitrogen and oxygen atoms in total. The van der Waals surface area contributed by atoms with Gasteiger partial charge in [-0.2, -0.15) is 0 Å². The van der Waals surface area contributed by atoms with Gasteiger partial charge in [0.2, 0.25) is 5.91 Å². The summed E-state index contributed by atoms with van der Waals surface area (Å²) in [7, 11) is 0. The molecule has 1 amide bonds. The maximum atomic E-state index is 12.4. The van der Waals surface area contributed by atoms with Gasteiger partial charge in [-0.1, -0.05) is 50.2 Å². The number of rotatable bonds is 4. The van der Waals surface area contributed by atoms with Gasteiger partial charge in [0.1, 0.15) is 0 Å². The highest BCUT2D eigenvalue weighted by molar-refractivity contribution is 5.87. The summed E-state index contributed by atoms with van der Waals surface area (Å²) >= 11 is 0. The van der Waals surface area contributed by atoms with Gasteiger partial charge in [0, 0.05) is 0 Å². The van der Waals surface area contributed by atoms with Crippen molar-refractivity contribution in [1.29, 1.82) is 0 Å². The zero-order valence-corrected chi connectivity index (χ0v) is 13.9. The third-order valence-electron chi connectivity index (χ3n) is 4.68. The highest BCUT2D eigenvalue weighted by Crippen LogP contribution is 2.44. The second-order valence-electron chi connectivity index (χ2n) is 6.97. The lowest BCUT2D eigenvalue weighted by Gasteiger charge is -2.19. The molecule has 24 heavy (non-hydrogen) atoms. The third kappa shape index (κ3) is 3.18. The molecule has 2 aromatic carbocycles. The number of fused-ring (bicyclic) bond motifs is 1. The topological polar surface area (TPSA) is 66.4 Å². The molecule has 0 fully saturated rings. The van der Waals surface area contributed by atoms with E-state index in [1.54, 1.807) is 12.1 Å². The van der Waals surface area contributed by atoms with Crippen molar-refractivity contribution < 1.29 is 14.7 Å². The van der Waals surface area contributed by atoms with Crippen molar-refractivity contribution in [1.82, 2.24) is 5.32 Å². The van der Waals surface area contributed by atoms with E-state index in [9.17, 15) is 9.59 Å². The summed E-state index contributed by atoms with van der Waals surface area (Å²) in [5.74, 6) is -1.01. The average Bonchev–Trinajstić information content (AvgIpc) is 2.79. The molecule has 3 rings (SSSR count). The van der Waals surface area contributed by atoms with Crippen LogP contribution in [0.25, 0.3) is 0 Å². The second kappa shape index (κ2) is 6.11. The summed E-state index contributed by atoms with van der Waals surface area (Å²) in [5, 5.41) is 12.0. The van der Waals surface area contributed by atoms with Gasteiger partial charge in [-0.25, -0.2) is 4.79 Å². The van der Waals surface area contributed by atoms with Crippen molar-refractivity contribution in [2.75, 3.05) is 0 Å². The number of benzene rings is 2. The van der Waals surface area contributed by atoms with Crippen molar-refractivity contribution in [3.8, 4) is 0 Å². The molecular formula is C20H21NO3. The predicted octanol–water partition coefficient (Wildman–Crippen LogP) is 3.47. The summed E-state index contributed by atoms with van der Waals surface area (Å²) < 4.78 is 0. The number of carbonyl (C=O) groups excluding carboxylic acids is 1. The monoisotopic (exact) mass is 323 g/mol. The van der Waals surface area contributed by atoms with E-state index in [-0.39, 0.29) is 29.3 Å². The molecule has 4 heteroatoms. The summed E-state index contributed by atoms with van der Waals surface area (Å²) in [6.45, 7) is 4.39. The van der Waals surface area contributed by atoms with E-state index in [1.165, 1.54) is 23.3 Å². The molecular weight excluding hydrogens is 302 g/mol. The van der Waals surface area contributed by atoms with Crippen LogP contribution in [-0.2, 0) is 16.6 Å². The van der Waals surface area contributed by atoms with Crippen LogP contribution in [0.3, 0.4) is 0 Å². The number of amides is 1. The van der Waals surface area contributed by atoms with E-state index >= 15 is 0 Å². The molecule has 1 atom stereocenters. The molecule has 0 saturated heterocycles. The Hall–Kier alpha value is -2.62. The van der Waals surface area contributed by atoms with Crippen molar-refractivity contribution in [2.45, 2.75) is 38.1 Å². The number of hydrogen-bond acceptors (Lipinski definition) is 2. The Morgan fingerprint density at radius 1 is 1.12 bits per heavy atom. The van der Waals surface area contributed by atoms with Crippen molar-refractivity contribution in [2.24, 2.45) is 0 Å². The highest BCUT2D eigenvalue weighted by Gasteiger charge is 2.36. The predicted molar refractivity (Wildman–Crippen MR) is 92.1 cm³/mol. The molecule has 124 valence electrons. The van der Waals surface area contributed by atoms with Crippen LogP contribution in [0.2, 0.25) is 0 Å². The Morgan fingerprint density at radius 2 is 1.79 bits per heavy atom. The van der Waals surface area contributed by atoms with Gasteiger partial charge in [-0.05, 0) is 40.7 Å². The number of carbonyl (C=O) groups is 2. The minimum Gasteiger partial charge on any atom is -0.478 e. The number of nitrogens with one attached hydrogen (secondary N) is 1. The van der Waals surface area contributed by atoms with Crippen LogP contribution in [0.15, 0.2) is 48.5 Å². The molecule has 0 aromatic heterocycles.